The average molecular weight is 691 g/mol. The van der Waals surface area contributed by atoms with E-state index in [1.54, 1.807) is 18.2 Å². The van der Waals surface area contributed by atoms with E-state index in [1.807, 2.05) is 42.5 Å². The molecular formula is C32H26N4O8S3. The van der Waals surface area contributed by atoms with E-state index < -0.39 is 40.9 Å². The third kappa shape index (κ3) is 5.52. The second-order valence-corrected chi connectivity index (χ2v) is 14.0. The van der Waals surface area contributed by atoms with Gasteiger partial charge in [-0.25, -0.2) is 14.6 Å². The minimum Gasteiger partial charge on any atom is -0.489 e. The number of benzene rings is 3. The quantitative estimate of drug-likeness (QED) is 0.164. The standard InChI is InChI=1S/C32H26N4O8S3/c1-43-32(35-23(37)11-16-5-3-2-4-6-16)30(42)36-24(29(40)41)18(14-46-31(32)36)13-44-19-8-9-20-17(12-19)7-10-21-25(20)47-27(33-21)26-34-22(15-45-26)28(38)39/h2-10,12,22,31H,11,13-15H2,1H3,(H,35,37)(H,38,39)(H,40,41). The van der Waals surface area contributed by atoms with E-state index in [9.17, 15) is 29.4 Å². The molecule has 0 bridgehead atoms. The molecular weight excluding hydrogens is 665 g/mol. The van der Waals surface area contributed by atoms with Crippen LogP contribution in [0.3, 0.4) is 0 Å². The van der Waals surface area contributed by atoms with E-state index in [1.165, 1.54) is 42.0 Å². The van der Waals surface area contributed by atoms with Gasteiger partial charge in [-0.1, -0.05) is 36.4 Å². The zero-order chi connectivity index (χ0) is 32.9. The van der Waals surface area contributed by atoms with Crippen molar-refractivity contribution in [1.82, 2.24) is 15.2 Å². The number of hydrogen-bond donors (Lipinski definition) is 3. The van der Waals surface area contributed by atoms with Gasteiger partial charge in [0.1, 0.15) is 33.5 Å². The number of aliphatic carboxylic acids is 2. The van der Waals surface area contributed by atoms with E-state index in [-0.39, 0.29) is 24.5 Å². The van der Waals surface area contributed by atoms with Crippen molar-refractivity contribution in [1.29, 1.82) is 0 Å². The number of β-lactam (4-membered cyclic amide) rings is 1. The number of methoxy groups -OCH3 is 1. The molecule has 7 rings (SSSR count). The van der Waals surface area contributed by atoms with Crippen molar-refractivity contribution in [3.8, 4) is 5.75 Å². The van der Waals surface area contributed by atoms with E-state index >= 15 is 0 Å². The Morgan fingerprint density at radius 1 is 1.11 bits per heavy atom. The van der Waals surface area contributed by atoms with Gasteiger partial charge in [0.25, 0.3) is 11.6 Å². The Morgan fingerprint density at radius 2 is 1.91 bits per heavy atom. The van der Waals surface area contributed by atoms with Gasteiger partial charge in [0.2, 0.25) is 5.91 Å². The maximum atomic E-state index is 13.5. The summed E-state index contributed by atoms with van der Waals surface area (Å²) in [6.07, 6.45) is 0.0420. The van der Waals surface area contributed by atoms with Crippen molar-refractivity contribution >= 4 is 84.6 Å². The van der Waals surface area contributed by atoms with Crippen molar-refractivity contribution in [3.05, 3.63) is 82.5 Å². The molecule has 4 aromatic rings. The van der Waals surface area contributed by atoms with Gasteiger partial charge >= 0.3 is 11.9 Å². The summed E-state index contributed by atoms with van der Waals surface area (Å²) >= 11 is 4.13. The number of nitrogens with one attached hydrogen (secondary N) is 1. The van der Waals surface area contributed by atoms with E-state index in [0.29, 0.717) is 27.1 Å². The summed E-state index contributed by atoms with van der Waals surface area (Å²) < 4.78 is 12.5. The van der Waals surface area contributed by atoms with Crippen LogP contribution in [0.4, 0.5) is 0 Å². The molecule has 1 saturated heterocycles. The van der Waals surface area contributed by atoms with E-state index in [4.69, 9.17) is 9.47 Å². The minimum atomic E-state index is -1.68. The first kappa shape index (κ1) is 31.2. The molecule has 0 aliphatic carbocycles. The number of aliphatic imine (C=N–C) groups is 1. The highest BCUT2D eigenvalue weighted by Gasteiger charge is 2.66. The number of thiazole rings is 1. The van der Waals surface area contributed by atoms with E-state index in [0.717, 1.165) is 31.5 Å². The highest BCUT2D eigenvalue weighted by molar-refractivity contribution is 8.15. The first-order chi connectivity index (χ1) is 22.7. The molecule has 3 N–H and O–H groups in total. The molecule has 240 valence electrons. The number of nitrogens with zero attached hydrogens (tertiary/aromatic N) is 3. The zero-order valence-corrected chi connectivity index (χ0v) is 27.1. The topological polar surface area (TPSA) is 168 Å². The molecule has 3 atom stereocenters. The van der Waals surface area contributed by atoms with Crippen LogP contribution in [0, 0.1) is 0 Å². The van der Waals surface area contributed by atoms with Crippen LogP contribution in [0.5, 0.6) is 5.75 Å². The van der Waals surface area contributed by atoms with Crippen LogP contribution in [-0.4, -0.2) is 91.3 Å². The number of rotatable bonds is 10. The monoisotopic (exact) mass is 690 g/mol. The first-order valence-corrected chi connectivity index (χ1v) is 17.2. The Labute approximate surface area is 279 Å². The Morgan fingerprint density at radius 3 is 2.64 bits per heavy atom. The largest absolute Gasteiger partial charge is 0.489 e. The lowest BCUT2D eigenvalue weighted by atomic mass is 9.97. The normalized spacial score (nSPS) is 22.2. The predicted octanol–water partition coefficient (Wildman–Crippen LogP) is 3.73. The Kier molecular flexibility index (Phi) is 8.16. The lowest BCUT2D eigenvalue weighted by Crippen LogP contribution is -2.80. The maximum Gasteiger partial charge on any atom is 0.352 e. The lowest BCUT2D eigenvalue weighted by molar-refractivity contribution is -0.192. The second-order valence-electron chi connectivity index (χ2n) is 10.9. The number of carbonyl (C=O) groups is 4. The summed E-state index contributed by atoms with van der Waals surface area (Å²) in [6.45, 7) is -0.0638. The second kappa shape index (κ2) is 12.3. The van der Waals surface area contributed by atoms with Crippen LogP contribution in [-0.2, 0) is 30.3 Å². The first-order valence-electron chi connectivity index (χ1n) is 14.4. The Hall–Kier alpha value is -4.44. The number of aromatic nitrogens is 1. The molecule has 0 radical (unpaired) electrons. The molecule has 2 amide bonds. The molecule has 1 fully saturated rings. The van der Waals surface area contributed by atoms with Gasteiger partial charge in [0.05, 0.1) is 16.6 Å². The highest BCUT2D eigenvalue weighted by atomic mass is 32.2. The molecule has 1 aromatic heterocycles. The lowest BCUT2D eigenvalue weighted by Gasteiger charge is -2.55. The number of hydrogen-bond acceptors (Lipinski definition) is 11. The number of ether oxygens (including phenoxy) is 2. The van der Waals surface area contributed by atoms with Gasteiger partial charge in [-0.2, -0.15) is 0 Å². The van der Waals surface area contributed by atoms with Crippen molar-refractivity contribution in [2.24, 2.45) is 4.99 Å². The number of carboxylic acid groups (broad SMARTS) is 2. The van der Waals surface area contributed by atoms with Crippen LogP contribution in [0.25, 0.3) is 21.0 Å². The summed E-state index contributed by atoms with van der Waals surface area (Å²) in [5.74, 6) is -2.16. The van der Waals surface area contributed by atoms with Gasteiger partial charge in [-0.15, -0.1) is 34.9 Å². The molecule has 3 unspecified atom stereocenters. The van der Waals surface area contributed by atoms with Gasteiger partial charge in [0.15, 0.2) is 6.04 Å². The fourth-order valence-corrected chi connectivity index (χ4v) is 9.37. The highest BCUT2D eigenvalue weighted by Crippen LogP contribution is 2.47. The Bertz CT molecular complexity index is 2030. The third-order valence-corrected chi connectivity index (χ3v) is 11.7. The molecule has 3 aliphatic heterocycles. The minimum absolute atomic E-state index is 0.0420. The molecule has 15 heteroatoms. The van der Waals surface area contributed by atoms with Crippen LogP contribution >= 0.6 is 34.9 Å². The van der Waals surface area contributed by atoms with Crippen molar-refractivity contribution in [2.75, 3.05) is 25.2 Å². The van der Waals surface area contributed by atoms with Crippen LogP contribution < -0.4 is 10.1 Å². The third-order valence-electron chi connectivity index (χ3n) is 8.04. The fourth-order valence-electron chi connectivity index (χ4n) is 5.75. The van der Waals surface area contributed by atoms with E-state index in [2.05, 4.69) is 15.3 Å². The summed E-state index contributed by atoms with van der Waals surface area (Å²) in [4.78, 5) is 60.2. The smallest absolute Gasteiger partial charge is 0.352 e. The average Bonchev–Trinajstić information content (AvgIpc) is 3.74. The van der Waals surface area contributed by atoms with Gasteiger partial charge in [-0.3, -0.25) is 19.5 Å². The van der Waals surface area contributed by atoms with Crippen LogP contribution in [0.15, 0.2) is 76.9 Å². The maximum absolute atomic E-state index is 13.5. The Balaban J connectivity index is 1.08. The number of carboxylic acids is 2. The summed E-state index contributed by atoms with van der Waals surface area (Å²) in [6, 6.07) is 17.6. The molecule has 12 nitrogen and oxygen atoms in total. The molecule has 47 heavy (non-hydrogen) atoms. The molecule has 3 aromatic carbocycles. The van der Waals surface area contributed by atoms with Gasteiger partial charge < -0.3 is 25.0 Å². The SMILES string of the molecule is COC1(NC(=O)Cc2ccccc2)C(=O)N2C(C(=O)O)=C(COc3ccc4c(ccc5nc(C6=NC(C(=O)O)CS6)sc54)c3)CSC21. The van der Waals surface area contributed by atoms with Crippen molar-refractivity contribution in [3.63, 3.8) is 0 Å². The van der Waals surface area contributed by atoms with Crippen molar-refractivity contribution in [2.45, 2.75) is 23.6 Å². The summed E-state index contributed by atoms with van der Waals surface area (Å²) in [7, 11) is 1.32. The number of thioether (sulfide) groups is 2. The van der Waals surface area contributed by atoms with Gasteiger partial charge in [-0.05, 0) is 35.2 Å². The van der Waals surface area contributed by atoms with Crippen LogP contribution in [0.1, 0.15) is 10.6 Å². The zero-order valence-electron chi connectivity index (χ0n) is 24.7. The molecule has 3 aliphatic rings. The fraction of sp³-hybridized carbons (Fsp3) is 0.250. The van der Waals surface area contributed by atoms with Crippen LogP contribution in [0.2, 0.25) is 0 Å². The predicted molar refractivity (Wildman–Crippen MR) is 179 cm³/mol. The molecule has 0 saturated carbocycles. The number of amides is 2. The van der Waals surface area contributed by atoms with Crippen molar-refractivity contribution < 1.29 is 38.9 Å². The molecule has 4 heterocycles. The summed E-state index contributed by atoms with van der Waals surface area (Å²) in [5.41, 5.74) is 0.113. The molecule has 0 spiro atoms. The number of carbonyl (C=O) groups excluding carboxylic acids is 2. The summed E-state index contributed by atoms with van der Waals surface area (Å²) in [5, 5.41) is 24.5. The number of fused-ring (bicyclic) bond motifs is 4. The van der Waals surface area contributed by atoms with Gasteiger partial charge in [0, 0.05) is 29.6 Å².